The van der Waals surface area contributed by atoms with Gasteiger partial charge >= 0.3 is 0 Å². The molecule has 1 heterocycles. The molecule has 0 radical (unpaired) electrons. The van der Waals surface area contributed by atoms with Gasteiger partial charge in [-0.3, -0.25) is 0 Å². The lowest BCUT2D eigenvalue weighted by Crippen LogP contribution is -1.89. The highest BCUT2D eigenvalue weighted by Crippen LogP contribution is 2.29. The quantitative estimate of drug-likeness (QED) is 0.420. The van der Waals surface area contributed by atoms with E-state index < -0.39 is 0 Å². The van der Waals surface area contributed by atoms with Crippen LogP contribution in [0.15, 0.2) is 57.2 Å². The van der Waals surface area contributed by atoms with Gasteiger partial charge in [0.25, 0.3) is 0 Å². The molecule has 2 aromatic carbocycles. The standard InChI is InChI=1S/C20H22N2O2S3/c1-23-17-7-3-15(4-8-17)11-13-25-19-21-22-20(27-19)26-14-12-16-5-9-18(24-2)10-6-16/h3-10H,11-14H2,1-2H3. The van der Waals surface area contributed by atoms with Gasteiger partial charge in [0.1, 0.15) is 11.5 Å². The molecule has 0 aliphatic carbocycles. The predicted octanol–water partition coefficient (Wildman–Crippen LogP) is 5.22. The number of rotatable bonds is 10. The molecule has 4 nitrogen and oxygen atoms in total. The SMILES string of the molecule is COc1ccc(CCSc2nnc(SCCc3ccc(OC)cc3)s2)cc1. The number of aromatic nitrogens is 2. The van der Waals surface area contributed by atoms with E-state index in [1.807, 2.05) is 24.3 Å². The maximum Gasteiger partial charge on any atom is 0.175 e. The normalized spacial score (nSPS) is 10.7. The molecule has 0 N–H and O–H groups in total. The highest BCUT2D eigenvalue weighted by atomic mass is 32.2. The van der Waals surface area contributed by atoms with Crippen LogP contribution in [0.1, 0.15) is 11.1 Å². The summed E-state index contributed by atoms with van der Waals surface area (Å²) in [5, 5.41) is 8.59. The van der Waals surface area contributed by atoms with Crippen LogP contribution in [0.25, 0.3) is 0 Å². The fraction of sp³-hybridized carbons (Fsp3) is 0.300. The highest BCUT2D eigenvalue weighted by Gasteiger charge is 2.06. The van der Waals surface area contributed by atoms with Crippen LogP contribution in [0.5, 0.6) is 11.5 Å². The molecule has 0 saturated carbocycles. The first-order valence-electron chi connectivity index (χ1n) is 8.62. The van der Waals surface area contributed by atoms with E-state index in [4.69, 9.17) is 9.47 Å². The number of ether oxygens (including phenoxy) is 2. The summed E-state index contributed by atoms with van der Waals surface area (Å²) >= 11 is 5.21. The summed E-state index contributed by atoms with van der Waals surface area (Å²) in [4.78, 5) is 0. The molecule has 0 aliphatic heterocycles. The van der Waals surface area contributed by atoms with Gasteiger partial charge < -0.3 is 9.47 Å². The van der Waals surface area contributed by atoms with Gasteiger partial charge in [-0.15, -0.1) is 10.2 Å². The summed E-state index contributed by atoms with van der Waals surface area (Å²) in [5.41, 5.74) is 2.61. The molecule has 142 valence electrons. The van der Waals surface area contributed by atoms with E-state index in [0.29, 0.717) is 0 Å². The molecule has 0 unspecified atom stereocenters. The first kappa shape index (κ1) is 20.0. The molecular formula is C20H22N2O2S3. The van der Waals surface area contributed by atoms with E-state index in [1.54, 1.807) is 49.1 Å². The van der Waals surface area contributed by atoms with E-state index in [1.165, 1.54) is 11.1 Å². The second-order valence-electron chi connectivity index (χ2n) is 5.73. The van der Waals surface area contributed by atoms with Crippen LogP contribution in [0.3, 0.4) is 0 Å². The fourth-order valence-electron chi connectivity index (χ4n) is 2.41. The number of hydrogen-bond donors (Lipinski definition) is 0. The van der Waals surface area contributed by atoms with Gasteiger partial charge in [-0.25, -0.2) is 0 Å². The van der Waals surface area contributed by atoms with Gasteiger partial charge in [-0.1, -0.05) is 59.1 Å². The molecule has 0 saturated heterocycles. The largest absolute Gasteiger partial charge is 0.497 e. The van der Waals surface area contributed by atoms with Crippen molar-refractivity contribution in [3.05, 3.63) is 59.7 Å². The first-order valence-corrected chi connectivity index (χ1v) is 11.4. The third kappa shape index (κ3) is 6.45. The minimum Gasteiger partial charge on any atom is -0.497 e. The van der Waals surface area contributed by atoms with Crippen molar-refractivity contribution in [2.75, 3.05) is 25.7 Å². The lowest BCUT2D eigenvalue weighted by Gasteiger charge is -2.02. The van der Waals surface area contributed by atoms with Gasteiger partial charge in [-0.05, 0) is 48.2 Å². The molecule has 7 heteroatoms. The van der Waals surface area contributed by atoms with Crippen LogP contribution in [-0.2, 0) is 12.8 Å². The molecule has 0 aliphatic rings. The maximum absolute atomic E-state index is 5.19. The van der Waals surface area contributed by atoms with Crippen LogP contribution in [-0.4, -0.2) is 35.9 Å². The van der Waals surface area contributed by atoms with Crippen LogP contribution >= 0.6 is 34.9 Å². The maximum atomic E-state index is 5.19. The zero-order valence-corrected chi connectivity index (χ0v) is 17.8. The van der Waals surface area contributed by atoms with Crippen LogP contribution in [0.2, 0.25) is 0 Å². The molecule has 3 rings (SSSR count). The van der Waals surface area contributed by atoms with Crippen molar-refractivity contribution < 1.29 is 9.47 Å². The Morgan fingerprint density at radius 3 is 1.48 bits per heavy atom. The van der Waals surface area contributed by atoms with Crippen molar-refractivity contribution in [1.29, 1.82) is 0 Å². The second-order valence-corrected chi connectivity index (χ2v) is 9.39. The van der Waals surface area contributed by atoms with Crippen molar-refractivity contribution in [1.82, 2.24) is 10.2 Å². The first-order chi connectivity index (χ1) is 13.3. The summed E-state index contributed by atoms with van der Waals surface area (Å²) in [7, 11) is 3.37. The molecular weight excluding hydrogens is 396 g/mol. The van der Waals surface area contributed by atoms with Gasteiger partial charge in [0.15, 0.2) is 8.68 Å². The zero-order chi connectivity index (χ0) is 18.9. The Labute approximate surface area is 172 Å². The Hall–Kier alpha value is -1.70. The molecule has 27 heavy (non-hydrogen) atoms. The van der Waals surface area contributed by atoms with Crippen molar-refractivity contribution >= 4 is 34.9 Å². The summed E-state index contributed by atoms with van der Waals surface area (Å²) in [6.07, 6.45) is 2.02. The van der Waals surface area contributed by atoms with Gasteiger partial charge in [-0.2, -0.15) is 0 Å². The molecule has 3 aromatic rings. The van der Waals surface area contributed by atoms with Crippen LogP contribution in [0, 0.1) is 0 Å². The number of aryl methyl sites for hydroxylation is 2. The minimum absolute atomic E-state index is 0.895. The Morgan fingerprint density at radius 2 is 1.11 bits per heavy atom. The fourth-order valence-corrected chi connectivity index (χ4v) is 5.55. The Balaban J connectivity index is 1.38. The number of hydrogen-bond acceptors (Lipinski definition) is 7. The summed E-state index contributed by atoms with van der Waals surface area (Å²) in [6, 6.07) is 16.5. The topological polar surface area (TPSA) is 44.2 Å². The monoisotopic (exact) mass is 418 g/mol. The lowest BCUT2D eigenvalue weighted by molar-refractivity contribution is 0.414. The predicted molar refractivity (Wildman–Crippen MR) is 115 cm³/mol. The molecule has 0 amide bonds. The zero-order valence-electron chi connectivity index (χ0n) is 15.4. The van der Waals surface area contributed by atoms with E-state index in [2.05, 4.69) is 34.5 Å². The van der Waals surface area contributed by atoms with Crippen molar-refractivity contribution in [2.24, 2.45) is 0 Å². The number of thioether (sulfide) groups is 2. The molecule has 0 atom stereocenters. The highest BCUT2D eigenvalue weighted by molar-refractivity contribution is 8.03. The molecule has 0 spiro atoms. The van der Waals surface area contributed by atoms with Gasteiger partial charge in [0.2, 0.25) is 0 Å². The van der Waals surface area contributed by atoms with E-state index in [-0.39, 0.29) is 0 Å². The number of methoxy groups -OCH3 is 2. The van der Waals surface area contributed by atoms with E-state index in [9.17, 15) is 0 Å². The average Bonchev–Trinajstić information content (AvgIpc) is 3.17. The van der Waals surface area contributed by atoms with Crippen LogP contribution in [0.4, 0.5) is 0 Å². The van der Waals surface area contributed by atoms with E-state index >= 15 is 0 Å². The summed E-state index contributed by atoms with van der Waals surface area (Å²) in [5.74, 6) is 3.79. The van der Waals surface area contributed by atoms with Gasteiger partial charge in [0, 0.05) is 11.5 Å². The number of nitrogens with zero attached hydrogens (tertiary/aromatic N) is 2. The van der Waals surface area contributed by atoms with E-state index in [0.717, 1.165) is 44.5 Å². The van der Waals surface area contributed by atoms with Crippen molar-refractivity contribution in [3.8, 4) is 11.5 Å². The smallest absolute Gasteiger partial charge is 0.175 e. The molecule has 1 aromatic heterocycles. The summed E-state index contributed by atoms with van der Waals surface area (Å²) in [6.45, 7) is 0. The average molecular weight is 419 g/mol. The third-order valence-corrected chi connectivity index (χ3v) is 7.13. The van der Waals surface area contributed by atoms with Gasteiger partial charge in [0.05, 0.1) is 14.2 Å². The molecule has 0 bridgehead atoms. The minimum atomic E-state index is 0.895. The van der Waals surface area contributed by atoms with Crippen molar-refractivity contribution in [2.45, 2.75) is 21.5 Å². The number of benzene rings is 2. The lowest BCUT2D eigenvalue weighted by atomic mass is 10.2. The Bertz CT molecular complexity index is 752. The third-order valence-electron chi connectivity index (χ3n) is 3.94. The second kappa shape index (κ2) is 10.6. The van der Waals surface area contributed by atoms with Crippen molar-refractivity contribution in [3.63, 3.8) is 0 Å². The molecule has 0 fully saturated rings. The van der Waals surface area contributed by atoms with Crippen LogP contribution < -0.4 is 9.47 Å². The Kier molecular flexibility index (Phi) is 7.86. The Morgan fingerprint density at radius 1 is 0.704 bits per heavy atom. The summed E-state index contributed by atoms with van der Waals surface area (Å²) < 4.78 is 12.4.